The van der Waals surface area contributed by atoms with E-state index in [1.54, 1.807) is 0 Å². The van der Waals surface area contributed by atoms with Crippen LogP contribution >= 0.6 is 0 Å². The predicted octanol–water partition coefficient (Wildman–Crippen LogP) is 0.814. The number of carbonyl (C=O) groups is 1. The normalized spacial score (nSPS) is 12.0. The average molecular weight is 338 g/mol. The molecule has 0 heterocycles. The molecule has 0 aliphatic heterocycles. The largest absolute Gasteiger partial charge is 0.534 e. The predicted molar refractivity (Wildman–Crippen MR) is 67.8 cm³/mol. The summed E-state index contributed by atoms with van der Waals surface area (Å²) in [6.07, 6.45) is 0.405. The third kappa shape index (κ3) is 4.91. The Morgan fingerprint density at radius 3 is 2.43 bits per heavy atom. The molecule has 0 spiro atoms. The number of carbonyl (C=O) groups excluding carboxylic acids is 1. The molecule has 0 saturated heterocycles. The van der Waals surface area contributed by atoms with Gasteiger partial charge in [-0.25, -0.2) is 0 Å². The highest BCUT2D eigenvalue weighted by Gasteiger charge is 2.48. The molecule has 1 aromatic carbocycles. The number of rotatable bonds is 5. The van der Waals surface area contributed by atoms with Crippen molar-refractivity contribution in [3.05, 3.63) is 23.8 Å². The molecule has 2 radical (unpaired) electrons. The number of methoxy groups -OCH3 is 1. The zero-order valence-electron chi connectivity index (χ0n) is 10.8. The number of hydrogen-bond acceptors (Lipinski definition) is 5. The Labute approximate surface area is 127 Å². The van der Waals surface area contributed by atoms with Gasteiger partial charge in [-0.1, -0.05) is 16.6 Å². The van der Waals surface area contributed by atoms with Crippen LogP contribution in [0, 0.1) is 0 Å². The summed E-state index contributed by atoms with van der Waals surface area (Å²) < 4.78 is 67.0. The Hall–Kier alpha value is -1.24. The summed E-state index contributed by atoms with van der Waals surface area (Å²) >= 11 is 2.08. The number of alkyl halides is 3. The fourth-order valence-corrected chi connectivity index (χ4v) is 2.28. The lowest BCUT2D eigenvalue weighted by Gasteiger charge is -2.13. The minimum absolute atomic E-state index is 0.0989. The Kier molecular flexibility index (Phi) is 5.67. The van der Waals surface area contributed by atoms with E-state index >= 15 is 0 Å². The van der Waals surface area contributed by atoms with E-state index in [2.05, 4.69) is 25.2 Å². The van der Waals surface area contributed by atoms with Crippen molar-refractivity contribution in [3.8, 4) is 5.75 Å². The summed E-state index contributed by atoms with van der Waals surface area (Å²) in [5.41, 5.74) is -4.87. The molecule has 0 atom stereocenters. The average Bonchev–Trinajstić information content (AvgIpc) is 2.37. The number of esters is 1. The maximum absolute atomic E-state index is 12.2. The van der Waals surface area contributed by atoms with E-state index in [4.69, 9.17) is 0 Å². The topological polar surface area (TPSA) is 69.7 Å². The van der Waals surface area contributed by atoms with Crippen LogP contribution in [0.15, 0.2) is 18.2 Å². The van der Waals surface area contributed by atoms with Crippen LogP contribution < -0.4 is 8.61 Å². The van der Waals surface area contributed by atoms with Gasteiger partial charge in [-0.2, -0.15) is 21.6 Å². The maximum atomic E-state index is 12.2. The third-order valence-corrected chi connectivity index (χ3v) is 3.82. The molecule has 0 aliphatic rings. The SMILES string of the molecule is COC(=O)CCc1ccc(OS(=O)(=O)C(F)(F)F)[c]([Al])c1. The van der Waals surface area contributed by atoms with Crippen molar-refractivity contribution in [3.63, 3.8) is 0 Å². The van der Waals surface area contributed by atoms with Crippen molar-refractivity contribution in [2.45, 2.75) is 18.3 Å². The molecule has 1 rings (SSSR count). The quantitative estimate of drug-likeness (QED) is 0.344. The van der Waals surface area contributed by atoms with E-state index < -0.39 is 27.3 Å². The summed E-state index contributed by atoms with van der Waals surface area (Å²) in [7, 11) is -4.46. The van der Waals surface area contributed by atoms with Crippen LogP contribution in [-0.2, 0) is 26.1 Å². The molecule has 0 N–H and O–H groups in total. The molecule has 21 heavy (non-hydrogen) atoms. The first-order valence-electron chi connectivity index (χ1n) is 5.53. The lowest BCUT2D eigenvalue weighted by molar-refractivity contribution is -0.140. The summed E-state index contributed by atoms with van der Waals surface area (Å²) in [5, 5.41) is 0. The van der Waals surface area contributed by atoms with E-state index in [1.807, 2.05) is 0 Å². The summed E-state index contributed by atoms with van der Waals surface area (Å²) in [5.74, 6) is -0.876. The highest BCUT2D eigenvalue weighted by Crippen LogP contribution is 2.26. The zero-order valence-corrected chi connectivity index (χ0v) is 12.8. The molecule has 0 aromatic heterocycles. The molecule has 0 aliphatic carbocycles. The van der Waals surface area contributed by atoms with Gasteiger partial charge in [0.15, 0.2) is 16.3 Å². The second-order valence-corrected chi connectivity index (χ2v) is 6.09. The molecule has 114 valence electrons. The molecule has 1 aromatic rings. The molecular formula is C11H10AlF3O5S. The number of hydrogen-bond donors (Lipinski definition) is 0. The van der Waals surface area contributed by atoms with Crippen LogP contribution in [0.2, 0.25) is 0 Å². The van der Waals surface area contributed by atoms with Crippen LogP contribution in [0.3, 0.4) is 0 Å². The number of aryl methyl sites for hydroxylation is 1. The standard InChI is InChI=1S/C11H10F3O5S.Al/c1-18-10(15)7-4-8-2-5-9(6-3-8)19-20(16,17)11(12,13)14;/h2-3,5H,4,7H2,1H3;. The fourth-order valence-electron chi connectivity index (χ4n) is 1.34. The van der Waals surface area contributed by atoms with Crippen LogP contribution in [0.25, 0.3) is 0 Å². The van der Waals surface area contributed by atoms with Crippen molar-refractivity contribution >= 4 is 36.8 Å². The van der Waals surface area contributed by atoms with Crippen molar-refractivity contribution in [1.29, 1.82) is 0 Å². The van der Waals surface area contributed by atoms with E-state index in [9.17, 15) is 26.4 Å². The molecule has 0 amide bonds. The van der Waals surface area contributed by atoms with Gasteiger partial charge in [0.25, 0.3) is 0 Å². The van der Waals surface area contributed by atoms with Crippen molar-refractivity contribution in [2.24, 2.45) is 0 Å². The van der Waals surface area contributed by atoms with Crippen LogP contribution in [-0.4, -0.2) is 43.3 Å². The Bertz CT molecular complexity index is 627. The Balaban J connectivity index is 2.87. The van der Waals surface area contributed by atoms with Gasteiger partial charge in [-0.15, -0.1) is 0 Å². The van der Waals surface area contributed by atoms with Gasteiger partial charge in [0.1, 0.15) is 5.75 Å². The molecule has 0 bridgehead atoms. The zero-order chi connectivity index (χ0) is 16.3. The third-order valence-electron chi connectivity index (χ3n) is 2.40. The van der Waals surface area contributed by atoms with Gasteiger partial charge in [0.05, 0.1) is 7.11 Å². The van der Waals surface area contributed by atoms with Crippen molar-refractivity contribution in [2.75, 3.05) is 7.11 Å². The number of ether oxygens (including phenoxy) is 1. The molecule has 0 saturated carbocycles. The smallest absolute Gasteiger partial charge is 0.469 e. The fraction of sp³-hybridized carbons (Fsp3) is 0.364. The number of benzene rings is 1. The highest BCUT2D eigenvalue weighted by molar-refractivity contribution is 7.88. The van der Waals surface area contributed by atoms with Gasteiger partial charge in [0.2, 0.25) is 0 Å². The highest BCUT2D eigenvalue weighted by atomic mass is 32.2. The second-order valence-electron chi connectivity index (χ2n) is 3.93. The Morgan fingerprint density at radius 1 is 1.33 bits per heavy atom. The summed E-state index contributed by atoms with van der Waals surface area (Å²) in [4.78, 5) is 11.0. The second kappa shape index (κ2) is 6.68. The van der Waals surface area contributed by atoms with Gasteiger partial charge < -0.3 is 8.92 Å². The van der Waals surface area contributed by atoms with Crippen LogP contribution in [0.5, 0.6) is 5.75 Å². The lowest BCUT2D eigenvalue weighted by Crippen LogP contribution is -2.29. The van der Waals surface area contributed by atoms with Gasteiger partial charge >= 0.3 is 21.6 Å². The first-order valence-corrected chi connectivity index (χ1v) is 7.51. The van der Waals surface area contributed by atoms with E-state index in [1.165, 1.54) is 19.2 Å². The Morgan fingerprint density at radius 2 is 1.95 bits per heavy atom. The van der Waals surface area contributed by atoms with Gasteiger partial charge in [0, 0.05) is 6.42 Å². The van der Waals surface area contributed by atoms with E-state index in [0.717, 1.165) is 6.07 Å². The van der Waals surface area contributed by atoms with E-state index in [-0.39, 0.29) is 10.8 Å². The molecule has 0 unspecified atom stereocenters. The number of halogens is 3. The summed E-state index contributed by atoms with van der Waals surface area (Å²) in [6, 6.07) is 3.88. The van der Waals surface area contributed by atoms with Crippen LogP contribution in [0.4, 0.5) is 13.2 Å². The minimum Gasteiger partial charge on any atom is -0.469 e. The van der Waals surface area contributed by atoms with Gasteiger partial charge in [-0.05, 0) is 18.1 Å². The lowest BCUT2D eigenvalue weighted by atomic mass is 10.1. The maximum Gasteiger partial charge on any atom is 0.534 e. The van der Waals surface area contributed by atoms with Crippen molar-refractivity contribution in [1.82, 2.24) is 0 Å². The van der Waals surface area contributed by atoms with Crippen molar-refractivity contribution < 1.29 is 35.3 Å². The van der Waals surface area contributed by atoms with E-state index in [0.29, 0.717) is 12.0 Å². The first-order chi connectivity index (χ1) is 9.56. The monoisotopic (exact) mass is 338 g/mol. The summed E-state index contributed by atoms with van der Waals surface area (Å²) in [6.45, 7) is 0. The minimum atomic E-state index is -5.70. The first kappa shape index (κ1) is 17.8. The molecule has 5 nitrogen and oxygen atoms in total. The molecule has 0 fully saturated rings. The van der Waals surface area contributed by atoms with Gasteiger partial charge in [-0.3, -0.25) is 4.79 Å². The molecular weight excluding hydrogens is 328 g/mol. The molecule has 10 heteroatoms. The van der Waals surface area contributed by atoms with Crippen LogP contribution in [0.1, 0.15) is 12.0 Å².